The van der Waals surface area contributed by atoms with E-state index in [2.05, 4.69) is 25.2 Å². The minimum Gasteiger partial charge on any atom is -0.492 e. The van der Waals surface area contributed by atoms with Crippen LogP contribution in [0.15, 0.2) is 18.2 Å². The molecule has 0 atom stereocenters. The summed E-state index contributed by atoms with van der Waals surface area (Å²) >= 11 is 6.18. The van der Waals surface area contributed by atoms with E-state index in [1.807, 2.05) is 18.2 Å². The first-order chi connectivity index (χ1) is 9.15. The van der Waals surface area contributed by atoms with Crippen molar-refractivity contribution >= 4 is 11.6 Å². The Hall–Kier alpha value is -1.24. The summed E-state index contributed by atoms with van der Waals surface area (Å²) in [6.07, 6.45) is 2.31. The van der Waals surface area contributed by atoms with E-state index in [-0.39, 0.29) is 0 Å². The van der Waals surface area contributed by atoms with E-state index in [1.165, 1.54) is 0 Å². The van der Waals surface area contributed by atoms with Crippen molar-refractivity contribution in [1.29, 1.82) is 5.26 Å². The van der Waals surface area contributed by atoms with Crippen LogP contribution in [0.5, 0.6) is 5.75 Å². The number of nitriles is 1. The van der Waals surface area contributed by atoms with Crippen molar-refractivity contribution in [1.82, 2.24) is 5.32 Å². The number of rotatable bonds is 8. The van der Waals surface area contributed by atoms with Crippen LogP contribution in [0.25, 0.3) is 0 Å². The number of ether oxygens (including phenoxy) is 1. The molecule has 104 valence electrons. The summed E-state index contributed by atoms with van der Waals surface area (Å²) in [6, 6.07) is 8.34. The van der Waals surface area contributed by atoms with E-state index < -0.39 is 0 Å². The van der Waals surface area contributed by atoms with E-state index in [0.29, 0.717) is 24.1 Å². The Labute approximate surface area is 120 Å². The Morgan fingerprint density at radius 1 is 1.37 bits per heavy atom. The SMILES string of the molecule is CC(C)NCc1cccc(Cl)c1OCCCCC#N. The quantitative estimate of drug-likeness (QED) is 0.734. The van der Waals surface area contributed by atoms with Crippen LogP contribution in [-0.4, -0.2) is 12.6 Å². The molecule has 0 heterocycles. The lowest BCUT2D eigenvalue weighted by Gasteiger charge is -2.15. The van der Waals surface area contributed by atoms with Crippen molar-refractivity contribution < 1.29 is 4.74 Å². The van der Waals surface area contributed by atoms with Crippen molar-refractivity contribution in [2.24, 2.45) is 0 Å². The molecular weight excluding hydrogens is 260 g/mol. The first-order valence-electron chi connectivity index (χ1n) is 6.65. The normalized spacial score (nSPS) is 10.5. The summed E-state index contributed by atoms with van der Waals surface area (Å²) in [7, 11) is 0. The van der Waals surface area contributed by atoms with Gasteiger partial charge in [-0.1, -0.05) is 37.6 Å². The number of benzene rings is 1. The van der Waals surface area contributed by atoms with Gasteiger partial charge in [0.15, 0.2) is 0 Å². The number of para-hydroxylation sites is 1. The highest BCUT2D eigenvalue weighted by Gasteiger charge is 2.08. The lowest BCUT2D eigenvalue weighted by atomic mass is 10.2. The molecule has 0 bridgehead atoms. The molecule has 1 rings (SSSR count). The predicted octanol–water partition coefficient (Wildman–Crippen LogP) is 3.91. The number of hydrogen-bond donors (Lipinski definition) is 1. The molecule has 1 aromatic carbocycles. The van der Waals surface area contributed by atoms with Gasteiger partial charge in [0.2, 0.25) is 0 Å². The number of hydrogen-bond acceptors (Lipinski definition) is 3. The summed E-state index contributed by atoms with van der Waals surface area (Å²) in [6.45, 7) is 5.55. The van der Waals surface area contributed by atoms with Crippen molar-refractivity contribution in [3.8, 4) is 11.8 Å². The number of nitrogens with zero attached hydrogens (tertiary/aromatic N) is 1. The Morgan fingerprint density at radius 3 is 2.84 bits per heavy atom. The molecule has 0 spiro atoms. The standard InChI is InChI=1S/C15H21ClN2O/c1-12(2)18-11-13-7-6-8-14(16)15(13)19-10-5-3-4-9-17/h6-8,12,18H,3-5,10-11H2,1-2H3. The fourth-order valence-electron chi connectivity index (χ4n) is 1.65. The van der Waals surface area contributed by atoms with Gasteiger partial charge in [0.1, 0.15) is 5.75 Å². The Morgan fingerprint density at radius 2 is 2.16 bits per heavy atom. The second kappa shape index (κ2) is 8.79. The van der Waals surface area contributed by atoms with Crippen molar-refractivity contribution in [2.45, 2.75) is 45.7 Å². The van der Waals surface area contributed by atoms with Crippen LogP contribution in [0.1, 0.15) is 38.7 Å². The first kappa shape index (κ1) is 15.8. The minimum atomic E-state index is 0.419. The lowest BCUT2D eigenvalue weighted by molar-refractivity contribution is 0.303. The summed E-state index contributed by atoms with van der Waals surface area (Å²) in [4.78, 5) is 0. The molecule has 19 heavy (non-hydrogen) atoms. The van der Waals surface area contributed by atoms with Crippen molar-refractivity contribution in [2.75, 3.05) is 6.61 Å². The topological polar surface area (TPSA) is 45.0 Å². The molecule has 0 saturated heterocycles. The smallest absolute Gasteiger partial charge is 0.142 e. The van der Waals surface area contributed by atoms with Gasteiger partial charge in [-0.2, -0.15) is 5.26 Å². The molecule has 0 radical (unpaired) electrons. The molecule has 1 N–H and O–H groups in total. The van der Waals surface area contributed by atoms with Crippen LogP contribution in [0, 0.1) is 11.3 Å². The molecule has 3 nitrogen and oxygen atoms in total. The van der Waals surface area contributed by atoms with Gasteiger partial charge in [-0.3, -0.25) is 0 Å². The molecule has 1 aromatic rings. The summed E-state index contributed by atoms with van der Waals surface area (Å²) in [5, 5.41) is 12.5. The zero-order chi connectivity index (χ0) is 14.1. The molecule has 0 unspecified atom stereocenters. The van der Waals surface area contributed by atoms with Gasteiger partial charge in [0.05, 0.1) is 17.7 Å². The van der Waals surface area contributed by atoms with E-state index in [1.54, 1.807) is 0 Å². The maximum absolute atomic E-state index is 8.47. The molecular formula is C15H21ClN2O. The average Bonchev–Trinajstić information content (AvgIpc) is 2.38. The maximum atomic E-state index is 8.47. The van der Waals surface area contributed by atoms with Gasteiger partial charge >= 0.3 is 0 Å². The predicted molar refractivity (Wildman–Crippen MR) is 78.4 cm³/mol. The third-order valence-electron chi connectivity index (χ3n) is 2.68. The van der Waals surface area contributed by atoms with Crippen LogP contribution in [0.4, 0.5) is 0 Å². The zero-order valence-corrected chi connectivity index (χ0v) is 12.3. The zero-order valence-electron chi connectivity index (χ0n) is 11.6. The molecule has 0 aliphatic heterocycles. The summed E-state index contributed by atoms with van der Waals surface area (Å²) in [5.41, 5.74) is 1.07. The van der Waals surface area contributed by atoms with Crippen LogP contribution in [-0.2, 0) is 6.54 Å². The van der Waals surface area contributed by atoms with Crippen LogP contribution in [0.2, 0.25) is 5.02 Å². The maximum Gasteiger partial charge on any atom is 0.142 e. The Kier molecular flexibility index (Phi) is 7.32. The third-order valence-corrected chi connectivity index (χ3v) is 2.98. The fraction of sp³-hybridized carbons (Fsp3) is 0.533. The second-order valence-electron chi connectivity index (χ2n) is 4.73. The van der Waals surface area contributed by atoms with Gasteiger partial charge < -0.3 is 10.1 Å². The van der Waals surface area contributed by atoms with E-state index in [9.17, 15) is 0 Å². The average molecular weight is 281 g/mol. The van der Waals surface area contributed by atoms with Crippen molar-refractivity contribution in [3.63, 3.8) is 0 Å². The highest BCUT2D eigenvalue weighted by atomic mass is 35.5. The first-order valence-corrected chi connectivity index (χ1v) is 7.03. The van der Waals surface area contributed by atoms with E-state index in [4.69, 9.17) is 21.6 Å². The molecule has 0 aliphatic rings. The molecule has 0 saturated carbocycles. The highest BCUT2D eigenvalue weighted by molar-refractivity contribution is 6.32. The Bertz CT molecular complexity index is 427. The third kappa shape index (κ3) is 5.96. The van der Waals surface area contributed by atoms with Crippen LogP contribution in [0.3, 0.4) is 0 Å². The van der Waals surface area contributed by atoms with E-state index >= 15 is 0 Å². The number of unbranched alkanes of at least 4 members (excludes halogenated alkanes) is 2. The van der Waals surface area contributed by atoms with Gasteiger partial charge in [-0.25, -0.2) is 0 Å². The van der Waals surface area contributed by atoms with Gasteiger partial charge in [-0.15, -0.1) is 0 Å². The van der Waals surface area contributed by atoms with Gasteiger partial charge in [0, 0.05) is 24.6 Å². The number of nitrogens with one attached hydrogen (secondary N) is 1. The van der Waals surface area contributed by atoms with E-state index in [0.717, 1.165) is 30.7 Å². The molecule has 0 aliphatic carbocycles. The summed E-state index contributed by atoms with van der Waals surface area (Å²) in [5.74, 6) is 0.759. The van der Waals surface area contributed by atoms with Crippen LogP contribution < -0.4 is 10.1 Å². The number of halogens is 1. The van der Waals surface area contributed by atoms with Crippen LogP contribution >= 0.6 is 11.6 Å². The van der Waals surface area contributed by atoms with Gasteiger partial charge in [0.25, 0.3) is 0 Å². The molecule has 0 fully saturated rings. The monoisotopic (exact) mass is 280 g/mol. The molecule has 0 amide bonds. The highest BCUT2D eigenvalue weighted by Crippen LogP contribution is 2.29. The van der Waals surface area contributed by atoms with Crippen molar-refractivity contribution in [3.05, 3.63) is 28.8 Å². The largest absolute Gasteiger partial charge is 0.492 e. The minimum absolute atomic E-state index is 0.419. The molecule has 0 aromatic heterocycles. The fourth-order valence-corrected chi connectivity index (χ4v) is 1.90. The lowest BCUT2D eigenvalue weighted by Crippen LogP contribution is -2.22. The van der Waals surface area contributed by atoms with Gasteiger partial charge in [-0.05, 0) is 18.9 Å². The molecule has 4 heteroatoms. The Balaban J connectivity index is 2.56. The summed E-state index contributed by atoms with van der Waals surface area (Å²) < 4.78 is 5.77. The second-order valence-corrected chi connectivity index (χ2v) is 5.13.